The normalized spacial score (nSPS) is 11.9. The fourth-order valence-electron chi connectivity index (χ4n) is 1.94. The third-order valence-corrected chi connectivity index (χ3v) is 3.22. The Kier molecular flexibility index (Phi) is 6.71. The van der Waals surface area contributed by atoms with Crippen LogP contribution >= 0.6 is 0 Å². The van der Waals surface area contributed by atoms with Gasteiger partial charge < -0.3 is 10.4 Å². The van der Waals surface area contributed by atoms with E-state index in [9.17, 15) is 4.79 Å². The molecule has 1 rings (SSSR count). The molecule has 20 heavy (non-hydrogen) atoms. The number of benzene rings is 1. The first-order valence-electron chi connectivity index (χ1n) is 6.78. The molecule has 0 aliphatic carbocycles. The lowest BCUT2D eigenvalue weighted by Crippen LogP contribution is -2.42. The topological polar surface area (TPSA) is 76.4 Å². The smallest absolute Gasteiger partial charge is 0.241 e. The molecule has 108 valence electrons. The van der Waals surface area contributed by atoms with E-state index in [1.165, 1.54) is 0 Å². The molecule has 1 aromatic carbocycles. The van der Waals surface area contributed by atoms with E-state index >= 15 is 0 Å². The zero-order valence-corrected chi connectivity index (χ0v) is 12.0. The Morgan fingerprint density at radius 1 is 1.45 bits per heavy atom. The van der Waals surface area contributed by atoms with Gasteiger partial charge in [-0.3, -0.25) is 9.69 Å². The van der Waals surface area contributed by atoms with Crippen LogP contribution in [0.15, 0.2) is 24.3 Å². The molecule has 0 fully saturated rings. The predicted molar refractivity (Wildman–Crippen MR) is 78.2 cm³/mol. The molecule has 1 amide bonds. The predicted octanol–water partition coefficient (Wildman–Crippen LogP) is 1.59. The maximum atomic E-state index is 12.2. The van der Waals surface area contributed by atoms with Crippen LogP contribution in [-0.4, -0.2) is 41.7 Å². The zero-order valence-electron chi connectivity index (χ0n) is 12.0. The summed E-state index contributed by atoms with van der Waals surface area (Å²) in [6, 6.07) is 8.55. The third-order valence-electron chi connectivity index (χ3n) is 3.22. The van der Waals surface area contributed by atoms with E-state index in [0.29, 0.717) is 24.2 Å². The molecule has 0 aromatic heterocycles. The number of aliphatic hydroxyl groups excluding tert-OH is 1. The lowest BCUT2D eigenvalue weighted by Gasteiger charge is -2.26. The number of hydrogen-bond acceptors (Lipinski definition) is 4. The first kappa shape index (κ1) is 16.2. The quantitative estimate of drug-likeness (QED) is 0.792. The Balaban J connectivity index is 2.61. The van der Waals surface area contributed by atoms with Crippen LogP contribution in [0.1, 0.15) is 25.8 Å². The van der Waals surface area contributed by atoms with Crippen LogP contribution in [0.3, 0.4) is 0 Å². The van der Waals surface area contributed by atoms with E-state index in [0.717, 1.165) is 6.54 Å². The molecule has 0 bridgehead atoms. The monoisotopic (exact) mass is 275 g/mol. The van der Waals surface area contributed by atoms with Crippen molar-refractivity contribution in [2.24, 2.45) is 0 Å². The van der Waals surface area contributed by atoms with Gasteiger partial charge in [0.1, 0.15) is 0 Å². The van der Waals surface area contributed by atoms with Gasteiger partial charge in [-0.15, -0.1) is 0 Å². The first-order valence-corrected chi connectivity index (χ1v) is 6.78. The number of carbonyl (C=O) groups is 1. The molecule has 0 radical (unpaired) electrons. The Bertz CT molecular complexity index is 465. The highest BCUT2D eigenvalue weighted by Gasteiger charge is 2.19. The molecule has 0 aliphatic rings. The van der Waals surface area contributed by atoms with Crippen molar-refractivity contribution in [3.8, 4) is 6.07 Å². The van der Waals surface area contributed by atoms with E-state index in [4.69, 9.17) is 10.4 Å². The number of nitrogens with zero attached hydrogens (tertiary/aromatic N) is 2. The van der Waals surface area contributed by atoms with Gasteiger partial charge in [0.05, 0.1) is 17.7 Å². The number of amides is 1. The molecule has 2 N–H and O–H groups in total. The van der Waals surface area contributed by atoms with Crippen molar-refractivity contribution in [2.45, 2.75) is 26.3 Å². The molecule has 0 spiro atoms. The summed E-state index contributed by atoms with van der Waals surface area (Å²) >= 11 is 0. The van der Waals surface area contributed by atoms with Crippen molar-refractivity contribution in [3.63, 3.8) is 0 Å². The number of carbonyl (C=O) groups excluding carboxylic acids is 1. The third kappa shape index (κ3) is 4.65. The first-order chi connectivity index (χ1) is 9.62. The van der Waals surface area contributed by atoms with Gasteiger partial charge in [0.25, 0.3) is 0 Å². The van der Waals surface area contributed by atoms with E-state index in [-0.39, 0.29) is 18.6 Å². The van der Waals surface area contributed by atoms with Crippen molar-refractivity contribution in [3.05, 3.63) is 29.8 Å². The average Bonchev–Trinajstić information content (AvgIpc) is 2.48. The standard InChI is InChI=1S/C15H21N3O2/c1-3-18(9-4-10-19)12(2)15(20)17-14-7-5-13(11-16)6-8-14/h5-8,12,19H,3-4,9-10H2,1-2H3,(H,17,20). The largest absolute Gasteiger partial charge is 0.396 e. The Labute approximate surface area is 119 Å². The van der Waals surface area contributed by atoms with Crippen molar-refractivity contribution in [2.75, 3.05) is 25.0 Å². The molecule has 1 aromatic rings. The maximum absolute atomic E-state index is 12.2. The van der Waals surface area contributed by atoms with Crippen molar-refractivity contribution in [1.29, 1.82) is 5.26 Å². The van der Waals surface area contributed by atoms with Gasteiger partial charge in [0.2, 0.25) is 5.91 Å². The molecule has 0 heterocycles. The molecular weight excluding hydrogens is 254 g/mol. The van der Waals surface area contributed by atoms with Crippen LogP contribution in [0.25, 0.3) is 0 Å². The summed E-state index contributed by atoms with van der Waals surface area (Å²) in [4.78, 5) is 14.2. The number of likely N-dealkylation sites (N-methyl/N-ethyl adjacent to an activating group) is 1. The van der Waals surface area contributed by atoms with E-state index in [1.807, 2.05) is 24.8 Å². The second kappa shape index (κ2) is 8.31. The molecule has 1 unspecified atom stereocenters. The zero-order chi connectivity index (χ0) is 15.0. The van der Waals surface area contributed by atoms with Gasteiger partial charge in [-0.25, -0.2) is 0 Å². The van der Waals surface area contributed by atoms with E-state index in [2.05, 4.69) is 5.32 Å². The number of nitrogens with one attached hydrogen (secondary N) is 1. The molecule has 5 nitrogen and oxygen atoms in total. The van der Waals surface area contributed by atoms with Gasteiger partial charge >= 0.3 is 0 Å². The van der Waals surface area contributed by atoms with Crippen LogP contribution in [0.4, 0.5) is 5.69 Å². The number of aliphatic hydroxyl groups is 1. The van der Waals surface area contributed by atoms with Crippen molar-refractivity contribution >= 4 is 11.6 Å². The lowest BCUT2D eigenvalue weighted by atomic mass is 10.2. The highest BCUT2D eigenvalue weighted by Crippen LogP contribution is 2.10. The van der Waals surface area contributed by atoms with Crippen molar-refractivity contribution in [1.82, 2.24) is 4.90 Å². The van der Waals surface area contributed by atoms with Crippen LogP contribution in [0, 0.1) is 11.3 Å². The van der Waals surface area contributed by atoms with E-state index in [1.54, 1.807) is 24.3 Å². The van der Waals surface area contributed by atoms with E-state index < -0.39 is 0 Å². The fraction of sp³-hybridized carbons (Fsp3) is 0.467. The molecule has 0 aliphatic heterocycles. The number of anilines is 1. The molecule has 0 saturated heterocycles. The highest BCUT2D eigenvalue weighted by atomic mass is 16.3. The number of rotatable bonds is 7. The second-order valence-electron chi connectivity index (χ2n) is 4.56. The number of nitriles is 1. The highest BCUT2D eigenvalue weighted by molar-refractivity contribution is 5.94. The summed E-state index contributed by atoms with van der Waals surface area (Å²) in [7, 11) is 0. The maximum Gasteiger partial charge on any atom is 0.241 e. The van der Waals surface area contributed by atoms with Gasteiger partial charge in [0, 0.05) is 18.8 Å². The van der Waals surface area contributed by atoms with Crippen LogP contribution in [0.2, 0.25) is 0 Å². The summed E-state index contributed by atoms with van der Waals surface area (Å²) < 4.78 is 0. The van der Waals surface area contributed by atoms with Gasteiger partial charge in [-0.2, -0.15) is 5.26 Å². The SMILES string of the molecule is CCN(CCCO)C(C)C(=O)Nc1ccc(C#N)cc1. The summed E-state index contributed by atoms with van der Waals surface area (Å²) in [5.74, 6) is -0.0884. The fourth-order valence-corrected chi connectivity index (χ4v) is 1.94. The summed E-state index contributed by atoms with van der Waals surface area (Å²) in [6.07, 6.45) is 0.655. The molecular formula is C15H21N3O2. The Hall–Kier alpha value is -1.90. The summed E-state index contributed by atoms with van der Waals surface area (Å²) in [5, 5.41) is 20.4. The van der Waals surface area contributed by atoms with Crippen LogP contribution in [0.5, 0.6) is 0 Å². The van der Waals surface area contributed by atoms with Gasteiger partial charge in [-0.05, 0) is 44.2 Å². The minimum atomic E-state index is -0.262. The average molecular weight is 275 g/mol. The van der Waals surface area contributed by atoms with Gasteiger partial charge in [0.15, 0.2) is 0 Å². The molecule has 1 atom stereocenters. The number of hydrogen-bond donors (Lipinski definition) is 2. The van der Waals surface area contributed by atoms with Crippen LogP contribution < -0.4 is 5.32 Å². The van der Waals surface area contributed by atoms with Gasteiger partial charge in [-0.1, -0.05) is 6.92 Å². The molecule has 0 saturated carbocycles. The molecule has 5 heteroatoms. The van der Waals surface area contributed by atoms with Crippen LogP contribution in [-0.2, 0) is 4.79 Å². The minimum Gasteiger partial charge on any atom is -0.396 e. The Morgan fingerprint density at radius 3 is 2.60 bits per heavy atom. The van der Waals surface area contributed by atoms with Crippen molar-refractivity contribution < 1.29 is 9.90 Å². The Morgan fingerprint density at radius 2 is 2.10 bits per heavy atom. The summed E-state index contributed by atoms with van der Waals surface area (Å²) in [6.45, 7) is 5.40. The second-order valence-corrected chi connectivity index (χ2v) is 4.56. The summed E-state index contributed by atoms with van der Waals surface area (Å²) in [5.41, 5.74) is 1.24. The lowest BCUT2D eigenvalue weighted by molar-refractivity contribution is -0.120. The minimum absolute atomic E-state index is 0.0884.